The molecule has 0 radical (unpaired) electrons. The van der Waals surface area contributed by atoms with Crippen molar-refractivity contribution in [3.05, 3.63) is 0 Å². The number of rotatable bonds is 2. The molecule has 0 bridgehead atoms. The quantitative estimate of drug-likeness (QED) is 0.800. The van der Waals surface area contributed by atoms with Gasteiger partial charge in [-0.15, -0.1) is 0 Å². The summed E-state index contributed by atoms with van der Waals surface area (Å²) in [4.78, 5) is 14.7. The number of hydrogen-bond acceptors (Lipinski definition) is 2. The van der Waals surface area contributed by atoms with Crippen LogP contribution in [0.15, 0.2) is 0 Å². The second-order valence-electron chi connectivity index (χ2n) is 6.04. The van der Waals surface area contributed by atoms with Crippen LogP contribution < -0.4 is 5.73 Å². The Morgan fingerprint density at radius 2 is 2.06 bits per heavy atom. The summed E-state index contributed by atoms with van der Waals surface area (Å²) in [5.74, 6) is 1.81. The summed E-state index contributed by atoms with van der Waals surface area (Å²) >= 11 is 0. The van der Waals surface area contributed by atoms with Gasteiger partial charge in [-0.3, -0.25) is 4.79 Å². The van der Waals surface area contributed by atoms with Crippen LogP contribution in [0.1, 0.15) is 46.0 Å². The molecule has 1 saturated carbocycles. The summed E-state index contributed by atoms with van der Waals surface area (Å²) in [6, 6.07) is 0.422. The maximum atomic E-state index is 12.6. The first-order valence-electron chi connectivity index (χ1n) is 7.14. The van der Waals surface area contributed by atoms with Crippen molar-refractivity contribution in [2.75, 3.05) is 13.1 Å². The molecule has 2 N–H and O–H groups in total. The lowest BCUT2D eigenvalue weighted by Gasteiger charge is -2.38. The maximum Gasteiger partial charge on any atom is 0.226 e. The molecule has 98 valence electrons. The Morgan fingerprint density at radius 1 is 1.29 bits per heavy atom. The molecule has 2 aliphatic rings. The zero-order valence-electron chi connectivity index (χ0n) is 11.2. The summed E-state index contributed by atoms with van der Waals surface area (Å²) in [5.41, 5.74) is 5.78. The molecule has 17 heavy (non-hydrogen) atoms. The Kier molecular flexibility index (Phi) is 4.08. The van der Waals surface area contributed by atoms with Crippen molar-refractivity contribution in [3.63, 3.8) is 0 Å². The number of hydrogen-bond donors (Lipinski definition) is 1. The molecule has 3 nitrogen and oxygen atoms in total. The SMILES string of the molecule is CC1CCN(C(=O)C2CCCC2CN)C(C)C1. The molecule has 2 fully saturated rings. The first-order chi connectivity index (χ1) is 8.13. The summed E-state index contributed by atoms with van der Waals surface area (Å²) < 4.78 is 0. The Hall–Kier alpha value is -0.570. The number of carbonyl (C=O) groups is 1. The largest absolute Gasteiger partial charge is 0.340 e. The number of nitrogens with two attached hydrogens (primary N) is 1. The van der Waals surface area contributed by atoms with E-state index in [2.05, 4.69) is 18.7 Å². The summed E-state index contributed by atoms with van der Waals surface area (Å²) in [6.07, 6.45) is 5.70. The average molecular weight is 238 g/mol. The van der Waals surface area contributed by atoms with Crippen LogP contribution in [0.2, 0.25) is 0 Å². The van der Waals surface area contributed by atoms with Crippen LogP contribution in [-0.4, -0.2) is 29.9 Å². The van der Waals surface area contributed by atoms with Crippen LogP contribution in [0.5, 0.6) is 0 Å². The minimum absolute atomic E-state index is 0.218. The Balaban J connectivity index is 1.99. The van der Waals surface area contributed by atoms with Crippen molar-refractivity contribution < 1.29 is 4.79 Å². The van der Waals surface area contributed by atoms with Gasteiger partial charge in [-0.25, -0.2) is 0 Å². The van der Waals surface area contributed by atoms with Gasteiger partial charge < -0.3 is 10.6 Å². The zero-order chi connectivity index (χ0) is 12.4. The Morgan fingerprint density at radius 3 is 2.71 bits per heavy atom. The third-order valence-corrected chi connectivity index (χ3v) is 4.70. The van der Waals surface area contributed by atoms with Gasteiger partial charge in [0.25, 0.3) is 0 Å². The van der Waals surface area contributed by atoms with Gasteiger partial charge in [-0.1, -0.05) is 13.3 Å². The zero-order valence-corrected chi connectivity index (χ0v) is 11.2. The molecule has 1 saturated heterocycles. The Bertz CT molecular complexity index is 279. The molecule has 1 heterocycles. The normalized spacial score (nSPS) is 38.4. The molecule has 0 aromatic rings. The molecule has 4 atom stereocenters. The summed E-state index contributed by atoms with van der Waals surface area (Å²) in [7, 11) is 0. The number of nitrogens with zero attached hydrogens (tertiary/aromatic N) is 1. The van der Waals surface area contributed by atoms with E-state index >= 15 is 0 Å². The van der Waals surface area contributed by atoms with E-state index in [1.165, 1.54) is 6.42 Å². The first-order valence-corrected chi connectivity index (χ1v) is 7.14. The van der Waals surface area contributed by atoms with Gasteiger partial charge in [-0.2, -0.15) is 0 Å². The predicted octanol–water partition coefficient (Wildman–Crippen LogP) is 2.01. The molecule has 2 rings (SSSR count). The van der Waals surface area contributed by atoms with E-state index in [1.807, 2.05) is 0 Å². The lowest BCUT2D eigenvalue weighted by Crippen LogP contribution is -2.48. The number of carbonyl (C=O) groups excluding carboxylic acids is 1. The molecule has 0 aromatic heterocycles. The van der Waals surface area contributed by atoms with Crippen molar-refractivity contribution >= 4 is 5.91 Å². The minimum atomic E-state index is 0.218. The predicted molar refractivity (Wildman–Crippen MR) is 69.5 cm³/mol. The van der Waals surface area contributed by atoms with E-state index in [-0.39, 0.29) is 5.92 Å². The molecular formula is C14H26N2O. The van der Waals surface area contributed by atoms with Gasteiger partial charge in [0.2, 0.25) is 5.91 Å². The fraction of sp³-hybridized carbons (Fsp3) is 0.929. The lowest BCUT2D eigenvalue weighted by atomic mass is 9.89. The van der Waals surface area contributed by atoms with Gasteiger partial charge in [0, 0.05) is 18.5 Å². The van der Waals surface area contributed by atoms with Gasteiger partial charge in [-0.05, 0) is 51.0 Å². The van der Waals surface area contributed by atoms with Gasteiger partial charge in [0.15, 0.2) is 0 Å². The van der Waals surface area contributed by atoms with E-state index in [4.69, 9.17) is 5.73 Å². The fourth-order valence-corrected chi connectivity index (χ4v) is 3.59. The smallest absolute Gasteiger partial charge is 0.226 e. The third kappa shape index (κ3) is 2.65. The van der Waals surface area contributed by atoms with E-state index in [0.717, 1.165) is 38.1 Å². The molecule has 0 spiro atoms. The Labute approximate surface area is 105 Å². The highest BCUT2D eigenvalue weighted by atomic mass is 16.2. The van der Waals surface area contributed by atoms with Gasteiger partial charge in [0.05, 0.1) is 0 Å². The number of piperidine rings is 1. The van der Waals surface area contributed by atoms with E-state index in [1.54, 1.807) is 0 Å². The maximum absolute atomic E-state index is 12.6. The molecule has 1 aliphatic heterocycles. The van der Waals surface area contributed by atoms with Crippen LogP contribution in [0, 0.1) is 17.8 Å². The molecular weight excluding hydrogens is 212 g/mol. The lowest BCUT2D eigenvalue weighted by molar-refractivity contribution is -0.140. The highest BCUT2D eigenvalue weighted by Crippen LogP contribution is 2.34. The van der Waals surface area contributed by atoms with E-state index < -0.39 is 0 Å². The molecule has 4 unspecified atom stereocenters. The monoisotopic (exact) mass is 238 g/mol. The molecule has 3 heteroatoms. The van der Waals surface area contributed by atoms with E-state index in [0.29, 0.717) is 24.4 Å². The van der Waals surface area contributed by atoms with E-state index in [9.17, 15) is 4.79 Å². The summed E-state index contributed by atoms with van der Waals surface area (Å²) in [6.45, 7) is 6.11. The van der Waals surface area contributed by atoms with Crippen molar-refractivity contribution in [1.82, 2.24) is 4.90 Å². The summed E-state index contributed by atoms with van der Waals surface area (Å²) in [5, 5.41) is 0. The molecule has 0 aromatic carbocycles. The highest BCUT2D eigenvalue weighted by molar-refractivity contribution is 5.80. The van der Waals surface area contributed by atoms with Crippen LogP contribution >= 0.6 is 0 Å². The topological polar surface area (TPSA) is 46.3 Å². The number of amides is 1. The van der Waals surface area contributed by atoms with Crippen molar-refractivity contribution in [2.45, 2.75) is 52.0 Å². The fourth-order valence-electron chi connectivity index (χ4n) is 3.59. The number of likely N-dealkylation sites (tertiary alicyclic amines) is 1. The second kappa shape index (κ2) is 5.38. The second-order valence-corrected chi connectivity index (χ2v) is 6.04. The highest BCUT2D eigenvalue weighted by Gasteiger charge is 2.37. The van der Waals surface area contributed by atoms with Gasteiger partial charge >= 0.3 is 0 Å². The standard InChI is InChI=1S/C14H26N2O/c1-10-6-7-16(11(2)8-10)14(17)13-5-3-4-12(13)9-15/h10-13H,3-9,15H2,1-2H3. The van der Waals surface area contributed by atoms with Crippen molar-refractivity contribution in [2.24, 2.45) is 23.5 Å². The van der Waals surface area contributed by atoms with Crippen LogP contribution in [0.4, 0.5) is 0 Å². The molecule has 1 amide bonds. The van der Waals surface area contributed by atoms with Gasteiger partial charge in [0.1, 0.15) is 0 Å². The third-order valence-electron chi connectivity index (χ3n) is 4.70. The van der Waals surface area contributed by atoms with Crippen molar-refractivity contribution in [1.29, 1.82) is 0 Å². The average Bonchev–Trinajstić information content (AvgIpc) is 2.76. The molecule has 1 aliphatic carbocycles. The van der Waals surface area contributed by atoms with Crippen LogP contribution in [-0.2, 0) is 4.79 Å². The first kappa shape index (κ1) is 12.9. The van der Waals surface area contributed by atoms with Crippen LogP contribution in [0.25, 0.3) is 0 Å². The minimum Gasteiger partial charge on any atom is -0.340 e. The van der Waals surface area contributed by atoms with Crippen molar-refractivity contribution in [3.8, 4) is 0 Å². The van der Waals surface area contributed by atoms with Crippen LogP contribution in [0.3, 0.4) is 0 Å².